The lowest BCUT2D eigenvalue weighted by Crippen LogP contribution is -2.08. The van der Waals surface area contributed by atoms with Crippen molar-refractivity contribution >= 4 is 28.2 Å². The number of anilines is 3. The lowest BCUT2D eigenvalue weighted by molar-refractivity contribution is 0.475. The van der Waals surface area contributed by atoms with Crippen LogP contribution in [0.4, 0.5) is 17.2 Å². The number of aromatic amines is 1. The molecule has 0 unspecified atom stereocenters. The number of fused-ring (bicyclic) bond motifs is 1. The molecule has 0 saturated carbocycles. The van der Waals surface area contributed by atoms with E-state index in [1.807, 2.05) is 44.6 Å². The molecule has 130 valence electrons. The molecule has 0 aliphatic heterocycles. The van der Waals surface area contributed by atoms with Crippen LogP contribution < -0.4 is 10.2 Å². The minimum atomic E-state index is 0.240. The van der Waals surface area contributed by atoms with Gasteiger partial charge in [-0.25, -0.2) is 9.97 Å². The van der Waals surface area contributed by atoms with Gasteiger partial charge in [-0.05, 0) is 35.9 Å². The summed E-state index contributed by atoms with van der Waals surface area (Å²) in [5.41, 5.74) is 4.78. The van der Waals surface area contributed by atoms with Crippen molar-refractivity contribution in [2.45, 2.75) is 0 Å². The van der Waals surface area contributed by atoms with Gasteiger partial charge in [0.2, 0.25) is 0 Å². The summed E-state index contributed by atoms with van der Waals surface area (Å²) in [6, 6.07) is 15.2. The quantitative estimate of drug-likeness (QED) is 0.518. The van der Waals surface area contributed by atoms with Gasteiger partial charge in [0, 0.05) is 37.2 Å². The molecule has 0 atom stereocenters. The van der Waals surface area contributed by atoms with Crippen molar-refractivity contribution in [3.8, 4) is 16.9 Å². The first-order valence-corrected chi connectivity index (χ1v) is 8.28. The third-order valence-corrected chi connectivity index (χ3v) is 4.27. The number of phenols is 1. The number of hydrogen-bond acceptors (Lipinski definition) is 5. The summed E-state index contributed by atoms with van der Waals surface area (Å²) in [7, 11) is 4.02. The normalized spacial score (nSPS) is 10.8. The van der Waals surface area contributed by atoms with Crippen LogP contribution in [-0.2, 0) is 0 Å². The topological polar surface area (TPSA) is 77.1 Å². The van der Waals surface area contributed by atoms with Crippen molar-refractivity contribution in [1.29, 1.82) is 0 Å². The van der Waals surface area contributed by atoms with Gasteiger partial charge in [-0.2, -0.15) is 0 Å². The van der Waals surface area contributed by atoms with Crippen molar-refractivity contribution in [3.63, 3.8) is 0 Å². The molecule has 0 amide bonds. The van der Waals surface area contributed by atoms with Gasteiger partial charge in [0.1, 0.15) is 23.5 Å². The fraction of sp³-hybridized carbons (Fsp3) is 0.100. The Labute approximate surface area is 151 Å². The van der Waals surface area contributed by atoms with Gasteiger partial charge < -0.3 is 20.3 Å². The third kappa shape index (κ3) is 2.93. The second kappa shape index (κ2) is 6.40. The molecule has 6 heteroatoms. The van der Waals surface area contributed by atoms with Gasteiger partial charge in [0.25, 0.3) is 0 Å². The Bertz CT molecular complexity index is 1050. The first kappa shape index (κ1) is 16.0. The van der Waals surface area contributed by atoms with Crippen LogP contribution in [0.5, 0.6) is 5.75 Å². The van der Waals surface area contributed by atoms with Gasteiger partial charge in [0.15, 0.2) is 0 Å². The van der Waals surface area contributed by atoms with Crippen LogP contribution in [0, 0.1) is 0 Å². The Hall–Kier alpha value is -3.54. The zero-order valence-corrected chi connectivity index (χ0v) is 14.6. The average Bonchev–Trinajstić information content (AvgIpc) is 3.08. The smallest absolute Gasteiger partial charge is 0.143 e. The van der Waals surface area contributed by atoms with Crippen molar-refractivity contribution in [2.75, 3.05) is 24.3 Å². The Kier molecular flexibility index (Phi) is 3.93. The van der Waals surface area contributed by atoms with E-state index in [4.69, 9.17) is 0 Å². The fourth-order valence-electron chi connectivity index (χ4n) is 2.92. The second-order valence-electron chi connectivity index (χ2n) is 6.26. The van der Waals surface area contributed by atoms with Gasteiger partial charge in [0.05, 0.1) is 5.39 Å². The van der Waals surface area contributed by atoms with Crippen molar-refractivity contribution in [2.24, 2.45) is 0 Å². The van der Waals surface area contributed by atoms with Crippen LogP contribution in [0.2, 0.25) is 0 Å². The van der Waals surface area contributed by atoms with E-state index in [1.165, 1.54) is 6.33 Å². The van der Waals surface area contributed by atoms with Gasteiger partial charge >= 0.3 is 0 Å². The molecule has 4 aromatic rings. The molecule has 2 aromatic carbocycles. The molecule has 2 aromatic heterocycles. The second-order valence-corrected chi connectivity index (χ2v) is 6.26. The highest BCUT2D eigenvalue weighted by Crippen LogP contribution is 2.34. The highest BCUT2D eigenvalue weighted by molar-refractivity contribution is 6.01. The van der Waals surface area contributed by atoms with E-state index in [1.54, 1.807) is 12.1 Å². The first-order valence-electron chi connectivity index (χ1n) is 8.28. The molecule has 3 N–H and O–H groups in total. The summed E-state index contributed by atoms with van der Waals surface area (Å²) in [5.74, 6) is 0.971. The summed E-state index contributed by atoms with van der Waals surface area (Å²) < 4.78 is 0. The maximum Gasteiger partial charge on any atom is 0.143 e. The maximum absolute atomic E-state index is 9.54. The van der Waals surface area contributed by atoms with Crippen LogP contribution in [0.3, 0.4) is 0 Å². The van der Waals surface area contributed by atoms with E-state index in [9.17, 15) is 5.11 Å². The van der Waals surface area contributed by atoms with E-state index in [2.05, 4.69) is 37.3 Å². The van der Waals surface area contributed by atoms with Gasteiger partial charge in [-0.3, -0.25) is 0 Å². The number of rotatable bonds is 4. The van der Waals surface area contributed by atoms with Crippen LogP contribution in [0.1, 0.15) is 0 Å². The zero-order valence-electron chi connectivity index (χ0n) is 14.6. The Morgan fingerprint density at radius 3 is 2.62 bits per heavy atom. The summed E-state index contributed by atoms with van der Waals surface area (Å²) >= 11 is 0. The molecular formula is C20H19N5O. The standard InChI is InChI=1S/C20H19N5O/c1-25(2)15-5-3-4-14(10-15)24-20-18-17(11-21-19(18)22-12-23-20)13-6-8-16(26)9-7-13/h3-12,26H,1-2H3,(H2,21,22,23,24). The molecule has 6 nitrogen and oxygen atoms in total. The molecule has 0 saturated heterocycles. The number of aromatic hydroxyl groups is 1. The Balaban J connectivity index is 1.79. The first-order chi connectivity index (χ1) is 12.6. The number of phenolic OH excluding ortho intramolecular Hbond substituents is 1. The highest BCUT2D eigenvalue weighted by atomic mass is 16.3. The summed E-state index contributed by atoms with van der Waals surface area (Å²) in [6.45, 7) is 0. The third-order valence-electron chi connectivity index (χ3n) is 4.27. The minimum Gasteiger partial charge on any atom is -0.508 e. The van der Waals surface area contributed by atoms with Crippen molar-refractivity contribution in [3.05, 3.63) is 61.1 Å². The van der Waals surface area contributed by atoms with Gasteiger partial charge in [-0.15, -0.1) is 0 Å². The Morgan fingerprint density at radius 2 is 1.85 bits per heavy atom. The molecule has 0 spiro atoms. The molecule has 0 bridgehead atoms. The molecule has 0 radical (unpaired) electrons. The van der Waals surface area contributed by atoms with E-state index in [0.717, 1.165) is 39.4 Å². The van der Waals surface area contributed by atoms with Crippen LogP contribution in [-0.4, -0.2) is 34.2 Å². The van der Waals surface area contributed by atoms with E-state index in [0.29, 0.717) is 0 Å². The van der Waals surface area contributed by atoms with Crippen LogP contribution in [0.25, 0.3) is 22.2 Å². The predicted octanol–water partition coefficient (Wildman–Crippen LogP) is 4.14. The predicted molar refractivity (Wildman–Crippen MR) is 105 cm³/mol. The van der Waals surface area contributed by atoms with E-state index < -0.39 is 0 Å². The molecule has 0 aliphatic carbocycles. The summed E-state index contributed by atoms with van der Waals surface area (Å²) in [5, 5.41) is 13.9. The van der Waals surface area contributed by atoms with Crippen LogP contribution in [0.15, 0.2) is 61.1 Å². The van der Waals surface area contributed by atoms with E-state index >= 15 is 0 Å². The number of benzene rings is 2. The molecule has 0 aliphatic rings. The minimum absolute atomic E-state index is 0.240. The molecule has 4 rings (SSSR count). The monoisotopic (exact) mass is 345 g/mol. The highest BCUT2D eigenvalue weighted by Gasteiger charge is 2.13. The van der Waals surface area contributed by atoms with E-state index in [-0.39, 0.29) is 5.75 Å². The maximum atomic E-state index is 9.54. The van der Waals surface area contributed by atoms with Crippen molar-refractivity contribution in [1.82, 2.24) is 15.0 Å². The average molecular weight is 345 g/mol. The Morgan fingerprint density at radius 1 is 1.04 bits per heavy atom. The number of H-pyrrole nitrogens is 1. The number of aromatic nitrogens is 3. The van der Waals surface area contributed by atoms with Gasteiger partial charge in [-0.1, -0.05) is 18.2 Å². The summed E-state index contributed by atoms with van der Waals surface area (Å²) in [4.78, 5) is 14.0. The largest absolute Gasteiger partial charge is 0.508 e. The van der Waals surface area contributed by atoms with Crippen molar-refractivity contribution < 1.29 is 5.11 Å². The lowest BCUT2D eigenvalue weighted by Gasteiger charge is -2.14. The molecular weight excluding hydrogens is 326 g/mol. The lowest BCUT2D eigenvalue weighted by atomic mass is 10.1. The number of hydrogen-bond donors (Lipinski definition) is 3. The number of nitrogens with one attached hydrogen (secondary N) is 2. The molecule has 0 fully saturated rings. The fourth-order valence-corrected chi connectivity index (χ4v) is 2.92. The summed E-state index contributed by atoms with van der Waals surface area (Å²) in [6.07, 6.45) is 3.45. The molecule has 26 heavy (non-hydrogen) atoms. The zero-order chi connectivity index (χ0) is 18.1. The number of nitrogens with zero attached hydrogens (tertiary/aromatic N) is 3. The SMILES string of the molecule is CN(C)c1cccc(Nc2ncnc3[nH]cc(-c4ccc(O)cc4)c23)c1. The van der Waals surface area contributed by atoms with Crippen LogP contribution >= 0.6 is 0 Å². The molecule has 2 heterocycles.